The predicted molar refractivity (Wildman–Crippen MR) is 140 cm³/mol. The highest BCUT2D eigenvalue weighted by molar-refractivity contribution is 5.91. The van der Waals surface area contributed by atoms with Gasteiger partial charge in [0.1, 0.15) is 18.6 Å². The van der Waals surface area contributed by atoms with E-state index in [0.717, 1.165) is 0 Å². The Hall–Kier alpha value is -5.52. The third-order valence-corrected chi connectivity index (χ3v) is 5.65. The summed E-state index contributed by atoms with van der Waals surface area (Å²) >= 11 is 0. The molecule has 0 N–H and O–H groups in total. The normalized spacial score (nSPS) is 10.9. The first-order valence-electron chi connectivity index (χ1n) is 12.2. The highest BCUT2D eigenvalue weighted by atomic mass is 16.7. The minimum atomic E-state index is -1.70. The maximum Gasteiger partial charge on any atom is 0.342 e. The molecule has 41 heavy (non-hydrogen) atoms. The van der Waals surface area contributed by atoms with Gasteiger partial charge in [-0.15, -0.1) is 0 Å². The molecule has 0 aliphatic carbocycles. The fraction of sp³-hybridized carbons (Fsp3) is 0.172. The van der Waals surface area contributed by atoms with Crippen LogP contribution in [0.15, 0.2) is 98.1 Å². The Balaban J connectivity index is 1.64. The van der Waals surface area contributed by atoms with Crippen LogP contribution in [0, 0.1) is 5.41 Å². The van der Waals surface area contributed by atoms with Crippen molar-refractivity contribution in [3.63, 3.8) is 0 Å². The lowest BCUT2D eigenvalue weighted by molar-refractivity contribution is -0.167. The SMILES string of the molecule is CC(COC(=O)c1cccnc1)(COC(=O)c1cccnc1)C(OC(=O)c1cccnc1)OC(=O)c1cccnc1. The molecule has 0 unspecified atom stereocenters. The van der Waals surface area contributed by atoms with Gasteiger partial charge in [-0.25, -0.2) is 19.2 Å². The summed E-state index contributed by atoms with van der Waals surface area (Å²) in [7, 11) is 0. The monoisotopic (exact) mass is 556 g/mol. The van der Waals surface area contributed by atoms with E-state index in [1.165, 1.54) is 92.9 Å². The van der Waals surface area contributed by atoms with Gasteiger partial charge in [-0.3, -0.25) is 19.9 Å². The molecule has 0 aromatic carbocycles. The summed E-state index contributed by atoms with van der Waals surface area (Å²) < 4.78 is 22.2. The average molecular weight is 557 g/mol. The molecule has 12 nitrogen and oxygen atoms in total. The molecule has 4 heterocycles. The third kappa shape index (κ3) is 7.76. The summed E-state index contributed by atoms with van der Waals surface area (Å²) in [6, 6.07) is 12.1. The van der Waals surface area contributed by atoms with E-state index in [2.05, 4.69) is 19.9 Å². The molecule has 208 valence electrons. The summed E-state index contributed by atoms with van der Waals surface area (Å²) in [6.07, 6.45) is 9.37. The van der Waals surface area contributed by atoms with Crippen LogP contribution in [0.4, 0.5) is 0 Å². The van der Waals surface area contributed by atoms with Gasteiger partial charge in [0.25, 0.3) is 6.29 Å². The number of hydrogen-bond donors (Lipinski definition) is 0. The van der Waals surface area contributed by atoms with Gasteiger partial charge in [0.15, 0.2) is 0 Å². The van der Waals surface area contributed by atoms with Crippen molar-refractivity contribution in [3.05, 3.63) is 120 Å². The molecule has 0 aliphatic heterocycles. The van der Waals surface area contributed by atoms with Crippen LogP contribution in [0.25, 0.3) is 0 Å². The molecule has 4 rings (SSSR count). The van der Waals surface area contributed by atoms with E-state index in [0.29, 0.717) is 0 Å². The van der Waals surface area contributed by atoms with Crippen LogP contribution in [-0.4, -0.2) is 63.3 Å². The van der Waals surface area contributed by atoms with Crippen molar-refractivity contribution in [1.29, 1.82) is 0 Å². The molecule has 0 bridgehead atoms. The number of nitrogens with zero attached hydrogens (tertiary/aromatic N) is 4. The van der Waals surface area contributed by atoms with Crippen molar-refractivity contribution in [3.8, 4) is 0 Å². The first-order chi connectivity index (χ1) is 19.9. The highest BCUT2D eigenvalue weighted by Gasteiger charge is 2.44. The van der Waals surface area contributed by atoms with Gasteiger partial charge in [0.2, 0.25) is 0 Å². The molecule has 0 atom stereocenters. The minimum Gasteiger partial charge on any atom is -0.461 e. The van der Waals surface area contributed by atoms with Crippen LogP contribution >= 0.6 is 0 Å². The summed E-state index contributed by atoms with van der Waals surface area (Å²) in [4.78, 5) is 67.2. The van der Waals surface area contributed by atoms with Crippen molar-refractivity contribution >= 4 is 23.9 Å². The van der Waals surface area contributed by atoms with Gasteiger partial charge in [-0.05, 0) is 55.5 Å². The van der Waals surface area contributed by atoms with E-state index in [-0.39, 0.29) is 22.3 Å². The average Bonchev–Trinajstić information content (AvgIpc) is 3.03. The van der Waals surface area contributed by atoms with Crippen LogP contribution in [0.5, 0.6) is 0 Å². The molecule has 12 heteroatoms. The number of carbonyl (C=O) groups excluding carboxylic acids is 4. The predicted octanol–water partition coefficient (Wildman–Crippen LogP) is 3.33. The van der Waals surface area contributed by atoms with Crippen LogP contribution in [0.3, 0.4) is 0 Å². The van der Waals surface area contributed by atoms with E-state index >= 15 is 0 Å². The molecular formula is C29H24N4O8. The molecular weight excluding hydrogens is 532 g/mol. The Kier molecular flexibility index (Phi) is 9.39. The van der Waals surface area contributed by atoms with Gasteiger partial charge in [-0.2, -0.15) is 0 Å². The van der Waals surface area contributed by atoms with Gasteiger partial charge < -0.3 is 18.9 Å². The third-order valence-electron chi connectivity index (χ3n) is 5.65. The van der Waals surface area contributed by atoms with Crippen molar-refractivity contribution in [1.82, 2.24) is 19.9 Å². The zero-order valence-electron chi connectivity index (χ0n) is 21.8. The Morgan fingerprint density at radius 3 is 1.20 bits per heavy atom. The van der Waals surface area contributed by atoms with E-state index in [1.54, 1.807) is 12.1 Å². The largest absolute Gasteiger partial charge is 0.461 e. The van der Waals surface area contributed by atoms with Gasteiger partial charge >= 0.3 is 23.9 Å². The standard InChI is InChI=1S/C29H24N4O8/c1-29(18-38-24(34)20-6-2-10-30-14-20,19-39-25(35)21-7-3-11-31-15-21)28(40-26(36)22-8-4-12-32-16-22)41-27(37)23-9-5-13-33-17-23/h2-17,28H,18-19H2,1H3. The highest BCUT2D eigenvalue weighted by Crippen LogP contribution is 2.29. The fourth-order valence-corrected chi connectivity index (χ4v) is 3.38. The van der Waals surface area contributed by atoms with Crippen molar-refractivity contribution < 1.29 is 38.1 Å². The molecule has 0 radical (unpaired) electrons. The first kappa shape index (κ1) is 28.5. The van der Waals surface area contributed by atoms with Gasteiger partial charge in [-0.1, -0.05) is 0 Å². The molecule has 0 aliphatic rings. The number of rotatable bonds is 11. The zero-order valence-corrected chi connectivity index (χ0v) is 21.8. The topological polar surface area (TPSA) is 157 Å². The van der Waals surface area contributed by atoms with Crippen molar-refractivity contribution in [2.75, 3.05) is 13.2 Å². The number of hydrogen-bond acceptors (Lipinski definition) is 12. The van der Waals surface area contributed by atoms with Crippen LogP contribution < -0.4 is 0 Å². The second-order valence-electron chi connectivity index (χ2n) is 8.92. The summed E-state index contributed by atoms with van der Waals surface area (Å²) in [5.74, 6) is -3.27. The minimum absolute atomic E-state index is 0.0667. The van der Waals surface area contributed by atoms with Crippen molar-refractivity contribution in [2.24, 2.45) is 5.41 Å². The summed E-state index contributed by atoms with van der Waals surface area (Å²) in [5, 5.41) is 0. The maximum absolute atomic E-state index is 13.0. The molecule has 0 spiro atoms. The first-order valence-corrected chi connectivity index (χ1v) is 12.2. The smallest absolute Gasteiger partial charge is 0.342 e. The number of aromatic nitrogens is 4. The Labute approximate surface area is 234 Å². The Bertz CT molecular complexity index is 1360. The number of ether oxygens (including phenoxy) is 4. The Morgan fingerprint density at radius 2 is 0.902 bits per heavy atom. The zero-order chi connectivity index (χ0) is 29.1. The second kappa shape index (κ2) is 13.5. The van der Waals surface area contributed by atoms with E-state index < -0.39 is 48.8 Å². The lowest BCUT2D eigenvalue weighted by atomic mass is 9.91. The number of pyridine rings is 4. The summed E-state index contributed by atoms with van der Waals surface area (Å²) in [6.45, 7) is 0.483. The van der Waals surface area contributed by atoms with E-state index in [4.69, 9.17) is 18.9 Å². The van der Waals surface area contributed by atoms with E-state index in [9.17, 15) is 19.2 Å². The lowest BCUT2D eigenvalue weighted by Crippen LogP contribution is -2.47. The second-order valence-corrected chi connectivity index (χ2v) is 8.92. The van der Waals surface area contributed by atoms with Crippen LogP contribution in [-0.2, 0) is 18.9 Å². The van der Waals surface area contributed by atoms with E-state index in [1.807, 2.05) is 0 Å². The maximum atomic E-state index is 13.0. The fourth-order valence-electron chi connectivity index (χ4n) is 3.38. The number of carbonyl (C=O) groups is 4. The molecule has 0 fully saturated rings. The quantitative estimate of drug-likeness (QED) is 0.151. The Morgan fingerprint density at radius 1 is 0.585 bits per heavy atom. The lowest BCUT2D eigenvalue weighted by Gasteiger charge is -2.35. The van der Waals surface area contributed by atoms with Crippen LogP contribution in [0.1, 0.15) is 48.4 Å². The molecule has 0 saturated carbocycles. The van der Waals surface area contributed by atoms with Crippen LogP contribution in [0.2, 0.25) is 0 Å². The molecule has 0 saturated heterocycles. The summed E-state index contributed by atoms with van der Waals surface area (Å²) in [5.41, 5.74) is -1.16. The van der Waals surface area contributed by atoms with Gasteiger partial charge in [0, 0.05) is 49.6 Å². The molecule has 4 aromatic rings. The molecule has 4 aromatic heterocycles. The molecule has 0 amide bonds. The van der Waals surface area contributed by atoms with Crippen molar-refractivity contribution in [2.45, 2.75) is 13.2 Å². The van der Waals surface area contributed by atoms with Gasteiger partial charge in [0.05, 0.1) is 22.3 Å². The number of esters is 4.